The van der Waals surface area contributed by atoms with Crippen LogP contribution in [-0.2, 0) is 9.53 Å². The molecule has 6 nitrogen and oxygen atoms in total. The number of benzene rings is 2. The number of nitriles is 1. The zero-order valence-electron chi connectivity index (χ0n) is 14.4. The molecule has 0 bridgehead atoms. The van der Waals surface area contributed by atoms with Gasteiger partial charge in [0, 0.05) is 10.6 Å². The summed E-state index contributed by atoms with van der Waals surface area (Å²) in [5, 5.41) is 10.9. The minimum atomic E-state index is -0.425. The average molecular weight is 370 g/mol. The van der Waals surface area contributed by atoms with E-state index in [-0.39, 0.29) is 18.5 Å². The van der Waals surface area contributed by atoms with Crippen molar-refractivity contribution in [1.29, 1.82) is 5.26 Å². The quantitative estimate of drug-likeness (QED) is 0.593. The van der Waals surface area contributed by atoms with Gasteiger partial charge in [0.2, 0.25) is 0 Å². The molecule has 1 atom stereocenters. The van der Waals surface area contributed by atoms with E-state index in [0.717, 1.165) is 0 Å². The Kier molecular flexibility index (Phi) is 7.06. The Bertz CT molecular complexity index is 815. The standard InChI is InChI=1S/C19H18N2O4S/c1-13(19(23)24-2)26-17-6-4-3-5-16(17)18(22)21-14-7-9-15(10-8-14)25-12-11-20/h3-10,13H,12H2,1-2H3,(H,21,22). The monoisotopic (exact) mass is 370 g/mol. The van der Waals surface area contributed by atoms with Crippen molar-refractivity contribution >= 4 is 29.3 Å². The molecule has 2 aromatic carbocycles. The molecule has 0 radical (unpaired) electrons. The molecule has 134 valence electrons. The third-order valence-electron chi connectivity index (χ3n) is 3.38. The number of nitrogens with one attached hydrogen (secondary N) is 1. The molecule has 0 saturated heterocycles. The maximum Gasteiger partial charge on any atom is 0.318 e. The fourth-order valence-electron chi connectivity index (χ4n) is 2.11. The van der Waals surface area contributed by atoms with E-state index in [2.05, 4.69) is 5.32 Å². The van der Waals surface area contributed by atoms with Gasteiger partial charge in [0.15, 0.2) is 6.61 Å². The van der Waals surface area contributed by atoms with Gasteiger partial charge in [0.1, 0.15) is 17.1 Å². The van der Waals surface area contributed by atoms with Gasteiger partial charge in [-0.25, -0.2) is 0 Å². The summed E-state index contributed by atoms with van der Waals surface area (Å²) in [6.07, 6.45) is 0. The molecule has 26 heavy (non-hydrogen) atoms. The van der Waals surface area contributed by atoms with Crippen molar-refractivity contribution < 1.29 is 19.1 Å². The molecule has 0 aliphatic heterocycles. The first-order chi connectivity index (χ1) is 12.5. The first-order valence-corrected chi connectivity index (χ1v) is 8.67. The van der Waals surface area contributed by atoms with Crippen LogP contribution in [-0.4, -0.2) is 30.8 Å². The van der Waals surface area contributed by atoms with Gasteiger partial charge in [-0.15, -0.1) is 11.8 Å². The van der Waals surface area contributed by atoms with Crippen LogP contribution in [0.1, 0.15) is 17.3 Å². The van der Waals surface area contributed by atoms with Gasteiger partial charge in [0.05, 0.1) is 12.7 Å². The lowest BCUT2D eigenvalue weighted by molar-refractivity contribution is -0.139. The Hall–Kier alpha value is -2.98. The van der Waals surface area contributed by atoms with Gasteiger partial charge in [-0.2, -0.15) is 5.26 Å². The van der Waals surface area contributed by atoms with E-state index in [1.165, 1.54) is 18.9 Å². The van der Waals surface area contributed by atoms with Gasteiger partial charge in [-0.05, 0) is 43.3 Å². The van der Waals surface area contributed by atoms with Gasteiger partial charge in [0.25, 0.3) is 5.91 Å². The van der Waals surface area contributed by atoms with Crippen LogP contribution in [0.25, 0.3) is 0 Å². The summed E-state index contributed by atoms with van der Waals surface area (Å²) in [6, 6.07) is 15.7. The first-order valence-electron chi connectivity index (χ1n) is 7.80. The molecular weight excluding hydrogens is 352 g/mol. The number of hydrogen-bond donors (Lipinski definition) is 1. The summed E-state index contributed by atoms with van der Waals surface area (Å²) < 4.78 is 9.90. The molecule has 0 aliphatic carbocycles. The second-order valence-electron chi connectivity index (χ2n) is 5.20. The molecule has 0 heterocycles. The van der Waals surface area contributed by atoms with E-state index in [0.29, 0.717) is 21.9 Å². The lowest BCUT2D eigenvalue weighted by Gasteiger charge is -2.13. The zero-order valence-corrected chi connectivity index (χ0v) is 15.2. The number of rotatable bonds is 7. The lowest BCUT2D eigenvalue weighted by Crippen LogP contribution is -2.17. The van der Waals surface area contributed by atoms with Crippen LogP contribution in [0.5, 0.6) is 5.75 Å². The molecule has 2 aromatic rings. The van der Waals surface area contributed by atoms with Crippen molar-refractivity contribution in [3.8, 4) is 11.8 Å². The Morgan fingerprint density at radius 2 is 1.88 bits per heavy atom. The molecule has 0 spiro atoms. The Morgan fingerprint density at radius 1 is 1.19 bits per heavy atom. The second kappa shape index (κ2) is 9.49. The number of ether oxygens (including phenoxy) is 2. The van der Waals surface area contributed by atoms with Crippen LogP contribution in [0.2, 0.25) is 0 Å². The number of anilines is 1. The van der Waals surface area contributed by atoms with E-state index in [1.807, 2.05) is 12.1 Å². The number of methoxy groups -OCH3 is 1. The minimum Gasteiger partial charge on any atom is -0.479 e. The van der Waals surface area contributed by atoms with Crippen molar-refractivity contribution in [3.63, 3.8) is 0 Å². The summed E-state index contributed by atoms with van der Waals surface area (Å²) in [4.78, 5) is 24.9. The molecule has 1 N–H and O–H groups in total. The van der Waals surface area contributed by atoms with Crippen molar-refractivity contribution in [3.05, 3.63) is 54.1 Å². The van der Waals surface area contributed by atoms with Gasteiger partial charge in [-0.1, -0.05) is 12.1 Å². The maximum absolute atomic E-state index is 12.6. The fraction of sp³-hybridized carbons (Fsp3) is 0.211. The molecule has 0 aromatic heterocycles. The van der Waals surface area contributed by atoms with Crippen molar-refractivity contribution in [1.82, 2.24) is 0 Å². The number of nitrogens with zero attached hydrogens (tertiary/aromatic N) is 1. The highest BCUT2D eigenvalue weighted by molar-refractivity contribution is 8.00. The van der Waals surface area contributed by atoms with Crippen LogP contribution in [0.4, 0.5) is 5.69 Å². The van der Waals surface area contributed by atoms with Gasteiger partial charge >= 0.3 is 5.97 Å². The van der Waals surface area contributed by atoms with E-state index in [1.54, 1.807) is 49.4 Å². The summed E-state index contributed by atoms with van der Waals surface area (Å²) in [6.45, 7) is 1.69. The number of esters is 1. The minimum absolute atomic E-state index is 0.0331. The predicted molar refractivity (Wildman–Crippen MR) is 99.3 cm³/mol. The third kappa shape index (κ3) is 5.26. The number of carbonyl (C=O) groups is 2. The first kappa shape index (κ1) is 19.3. The van der Waals surface area contributed by atoms with Crippen molar-refractivity contribution in [2.24, 2.45) is 0 Å². The highest BCUT2D eigenvalue weighted by atomic mass is 32.2. The highest BCUT2D eigenvalue weighted by Gasteiger charge is 2.19. The van der Waals surface area contributed by atoms with Crippen LogP contribution < -0.4 is 10.1 Å². The van der Waals surface area contributed by atoms with Crippen molar-refractivity contribution in [2.45, 2.75) is 17.1 Å². The largest absolute Gasteiger partial charge is 0.479 e. The fourth-order valence-corrected chi connectivity index (χ4v) is 3.13. The van der Waals surface area contributed by atoms with Crippen LogP contribution in [0.3, 0.4) is 0 Å². The highest BCUT2D eigenvalue weighted by Crippen LogP contribution is 2.28. The smallest absolute Gasteiger partial charge is 0.318 e. The number of amides is 1. The summed E-state index contributed by atoms with van der Waals surface area (Å²) in [5.41, 5.74) is 1.07. The molecule has 0 aliphatic rings. The van der Waals surface area contributed by atoms with Gasteiger partial charge < -0.3 is 14.8 Å². The van der Waals surface area contributed by atoms with E-state index >= 15 is 0 Å². The van der Waals surface area contributed by atoms with Gasteiger partial charge in [-0.3, -0.25) is 9.59 Å². The van der Waals surface area contributed by atoms with E-state index < -0.39 is 5.25 Å². The molecule has 1 unspecified atom stereocenters. The zero-order chi connectivity index (χ0) is 18.9. The molecule has 0 saturated carbocycles. The van der Waals surface area contributed by atoms with Crippen LogP contribution >= 0.6 is 11.8 Å². The molecule has 1 amide bonds. The van der Waals surface area contributed by atoms with Crippen LogP contribution in [0.15, 0.2) is 53.4 Å². The van der Waals surface area contributed by atoms with Crippen molar-refractivity contribution in [2.75, 3.05) is 19.0 Å². The molecule has 2 rings (SSSR count). The number of carbonyl (C=O) groups excluding carboxylic acids is 2. The Morgan fingerprint density at radius 3 is 2.54 bits per heavy atom. The number of thioether (sulfide) groups is 1. The molecule has 7 heteroatoms. The third-order valence-corrected chi connectivity index (χ3v) is 4.54. The number of hydrogen-bond acceptors (Lipinski definition) is 6. The molecule has 0 fully saturated rings. The van der Waals surface area contributed by atoms with E-state index in [4.69, 9.17) is 14.7 Å². The van der Waals surface area contributed by atoms with E-state index in [9.17, 15) is 9.59 Å². The average Bonchev–Trinajstić information content (AvgIpc) is 2.67. The normalized spacial score (nSPS) is 11.1. The Labute approximate surface area is 156 Å². The van der Waals surface area contributed by atoms with Crippen LogP contribution in [0, 0.1) is 11.3 Å². The molecular formula is C19H18N2O4S. The Balaban J connectivity index is 2.10. The summed E-state index contributed by atoms with van der Waals surface area (Å²) in [5.74, 6) is -0.0820. The second-order valence-corrected chi connectivity index (χ2v) is 6.59. The summed E-state index contributed by atoms with van der Waals surface area (Å²) >= 11 is 1.27. The summed E-state index contributed by atoms with van der Waals surface area (Å²) in [7, 11) is 1.34. The lowest BCUT2D eigenvalue weighted by atomic mass is 10.2. The SMILES string of the molecule is COC(=O)C(C)Sc1ccccc1C(=O)Nc1ccc(OCC#N)cc1. The maximum atomic E-state index is 12.6. The predicted octanol–water partition coefficient (Wildman–Crippen LogP) is 3.49. The topological polar surface area (TPSA) is 88.4 Å².